The minimum absolute atomic E-state index is 0.0865. The lowest BCUT2D eigenvalue weighted by Gasteiger charge is -2.08. The molecular weight excluding hydrogens is 340 g/mol. The van der Waals surface area contributed by atoms with Gasteiger partial charge in [0.05, 0.1) is 5.56 Å². The van der Waals surface area contributed by atoms with E-state index in [1.165, 1.54) is 12.1 Å². The average Bonchev–Trinajstić information content (AvgIpc) is 2.39. The molecule has 0 fully saturated rings. The molecule has 0 bridgehead atoms. The van der Waals surface area contributed by atoms with Crippen molar-refractivity contribution in [3.05, 3.63) is 58.1 Å². The van der Waals surface area contributed by atoms with E-state index in [0.29, 0.717) is 15.1 Å². The number of hydrogen-bond acceptors (Lipinski definition) is 3. The van der Waals surface area contributed by atoms with Crippen molar-refractivity contribution in [1.29, 1.82) is 0 Å². The number of amides is 1. The van der Waals surface area contributed by atoms with Crippen LogP contribution >= 0.6 is 28.1 Å². The topological polar surface area (TPSA) is 75.3 Å². The Morgan fingerprint density at radius 1 is 1.20 bits per heavy atom. The molecule has 4 nitrogen and oxygen atoms in total. The lowest BCUT2D eigenvalue weighted by Crippen LogP contribution is -2.13. The van der Waals surface area contributed by atoms with Gasteiger partial charge in [-0.15, -0.1) is 0 Å². The molecule has 2 aromatic carbocycles. The van der Waals surface area contributed by atoms with Gasteiger partial charge in [0, 0.05) is 15.7 Å². The maximum absolute atomic E-state index is 12.0. The summed E-state index contributed by atoms with van der Waals surface area (Å²) >= 11 is 8.07. The third-order valence-electron chi connectivity index (χ3n) is 2.63. The molecule has 20 heavy (non-hydrogen) atoms. The molecular formula is C14H11BrN2O2S. The molecule has 0 aliphatic heterocycles. The SMILES string of the molecule is NC(=S)c1ccc(NC(=O)c2ccc(Br)cc2O)cc1. The monoisotopic (exact) mass is 350 g/mol. The van der Waals surface area contributed by atoms with E-state index >= 15 is 0 Å². The van der Waals surface area contributed by atoms with Crippen molar-refractivity contribution in [3.8, 4) is 5.75 Å². The molecule has 1 amide bonds. The van der Waals surface area contributed by atoms with Crippen LogP contribution in [0.1, 0.15) is 15.9 Å². The van der Waals surface area contributed by atoms with Crippen molar-refractivity contribution in [2.45, 2.75) is 0 Å². The van der Waals surface area contributed by atoms with Crippen LogP contribution in [0, 0.1) is 0 Å². The van der Waals surface area contributed by atoms with Gasteiger partial charge in [-0.05, 0) is 42.5 Å². The second-order valence-corrected chi connectivity index (χ2v) is 5.41. The third kappa shape index (κ3) is 3.34. The Morgan fingerprint density at radius 3 is 2.40 bits per heavy atom. The maximum Gasteiger partial charge on any atom is 0.259 e. The van der Waals surface area contributed by atoms with Crippen LogP contribution in [-0.2, 0) is 0 Å². The lowest BCUT2D eigenvalue weighted by atomic mass is 10.1. The number of rotatable bonds is 3. The smallest absolute Gasteiger partial charge is 0.259 e. The molecule has 2 aromatic rings. The predicted molar refractivity (Wildman–Crippen MR) is 86.1 cm³/mol. The molecule has 0 atom stereocenters. The Bertz CT molecular complexity index is 671. The van der Waals surface area contributed by atoms with E-state index in [0.717, 1.165) is 5.56 Å². The quantitative estimate of drug-likeness (QED) is 0.743. The summed E-state index contributed by atoms with van der Waals surface area (Å²) in [5, 5.41) is 12.4. The summed E-state index contributed by atoms with van der Waals surface area (Å²) in [4.78, 5) is 12.3. The number of nitrogens with two attached hydrogens (primary N) is 1. The highest BCUT2D eigenvalue weighted by Crippen LogP contribution is 2.23. The Balaban J connectivity index is 2.17. The van der Waals surface area contributed by atoms with Crippen molar-refractivity contribution in [2.24, 2.45) is 5.73 Å². The fraction of sp³-hybridized carbons (Fsp3) is 0. The minimum Gasteiger partial charge on any atom is -0.507 e. The van der Waals surface area contributed by atoms with E-state index in [2.05, 4.69) is 21.2 Å². The first kappa shape index (κ1) is 14.5. The second kappa shape index (κ2) is 6.02. The van der Waals surface area contributed by atoms with Crippen LogP contribution in [0.5, 0.6) is 5.75 Å². The number of phenolic OH excluding ortho intramolecular Hbond substituents is 1. The number of phenols is 1. The second-order valence-electron chi connectivity index (χ2n) is 4.06. The van der Waals surface area contributed by atoms with Crippen molar-refractivity contribution in [3.63, 3.8) is 0 Å². The number of hydrogen-bond donors (Lipinski definition) is 3. The van der Waals surface area contributed by atoms with Crippen LogP contribution in [0.3, 0.4) is 0 Å². The maximum atomic E-state index is 12.0. The third-order valence-corrected chi connectivity index (χ3v) is 3.36. The molecule has 6 heteroatoms. The van der Waals surface area contributed by atoms with Gasteiger partial charge in [-0.2, -0.15) is 0 Å². The Morgan fingerprint density at radius 2 is 1.85 bits per heavy atom. The predicted octanol–water partition coefficient (Wildman–Crippen LogP) is 3.04. The fourth-order valence-electron chi connectivity index (χ4n) is 1.61. The summed E-state index contributed by atoms with van der Waals surface area (Å²) in [6.45, 7) is 0. The van der Waals surface area contributed by atoms with E-state index in [-0.39, 0.29) is 11.3 Å². The first-order valence-electron chi connectivity index (χ1n) is 5.67. The molecule has 0 aliphatic rings. The zero-order chi connectivity index (χ0) is 14.7. The zero-order valence-electron chi connectivity index (χ0n) is 10.3. The summed E-state index contributed by atoms with van der Waals surface area (Å²) in [5.41, 5.74) is 7.02. The summed E-state index contributed by atoms with van der Waals surface area (Å²) in [6, 6.07) is 11.5. The van der Waals surface area contributed by atoms with Gasteiger partial charge in [0.15, 0.2) is 0 Å². The molecule has 4 N–H and O–H groups in total. The number of carbonyl (C=O) groups excluding carboxylic acids is 1. The average molecular weight is 351 g/mol. The van der Waals surface area contributed by atoms with E-state index in [9.17, 15) is 9.90 Å². The van der Waals surface area contributed by atoms with Gasteiger partial charge in [0.25, 0.3) is 5.91 Å². The zero-order valence-corrected chi connectivity index (χ0v) is 12.7. The highest BCUT2D eigenvalue weighted by molar-refractivity contribution is 9.10. The highest BCUT2D eigenvalue weighted by atomic mass is 79.9. The van der Waals surface area contributed by atoms with Crippen molar-refractivity contribution in [2.75, 3.05) is 5.32 Å². The van der Waals surface area contributed by atoms with Crippen LogP contribution in [0.25, 0.3) is 0 Å². The number of anilines is 1. The summed E-state index contributed by atoms with van der Waals surface area (Å²) in [6.07, 6.45) is 0. The number of aromatic hydroxyl groups is 1. The number of halogens is 1. The van der Waals surface area contributed by atoms with Crippen molar-refractivity contribution < 1.29 is 9.90 Å². The van der Waals surface area contributed by atoms with Gasteiger partial charge in [0.1, 0.15) is 10.7 Å². The number of nitrogens with one attached hydrogen (secondary N) is 1. The molecule has 0 unspecified atom stereocenters. The Hall–Kier alpha value is -1.92. The summed E-state index contributed by atoms with van der Waals surface area (Å²) in [5.74, 6) is -0.477. The lowest BCUT2D eigenvalue weighted by molar-refractivity contribution is 0.102. The van der Waals surface area contributed by atoms with Crippen molar-refractivity contribution >= 4 is 44.7 Å². The largest absolute Gasteiger partial charge is 0.507 e. The van der Waals surface area contributed by atoms with E-state index in [1.807, 2.05) is 0 Å². The van der Waals surface area contributed by atoms with Crippen molar-refractivity contribution in [1.82, 2.24) is 0 Å². The molecule has 0 aromatic heterocycles. The highest BCUT2D eigenvalue weighted by Gasteiger charge is 2.11. The van der Waals surface area contributed by atoms with Gasteiger partial charge in [-0.3, -0.25) is 4.79 Å². The first-order valence-corrected chi connectivity index (χ1v) is 6.87. The van der Waals surface area contributed by atoms with Crippen LogP contribution in [-0.4, -0.2) is 16.0 Å². The Kier molecular flexibility index (Phi) is 4.36. The van der Waals surface area contributed by atoms with Gasteiger partial charge in [-0.25, -0.2) is 0 Å². The molecule has 0 spiro atoms. The van der Waals surface area contributed by atoms with Crippen LogP contribution in [0.15, 0.2) is 46.9 Å². The normalized spacial score (nSPS) is 10.1. The van der Waals surface area contributed by atoms with Gasteiger partial charge >= 0.3 is 0 Å². The Labute approximate surface area is 129 Å². The molecule has 2 rings (SSSR count). The summed E-state index contributed by atoms with van der Waals surface area (Å²) in [7, 11) is 0. The molecule has 0 saturated carbocycles. The van der Waals surface area contributed by atoms with E-state index in [1.54, 1.807) is 30.3 Å². The number of carbonyl (C=O) groups is 1. The molecule has 0 aliphatic carbocycles. The van der Waals surface area contributed by atoms with Crippen LogP contribution in [0.4, 0.5) is 5.69 Å². The van der Waals surface area contributed by atoms with E-state index < -0.39 is 5.91 Å². The molecule has 102 valence electrons. The van der Waals surface area contributed by atoms with Crippen LogP contribution in [0.2, 0.25) is 0 Å². The molecule has 0 radical (unpaired) electrons. The number of thiocarbonyl (C=S) groups is 1. The fourth-order valence-corrected chi connectivity index (χ4v) is 2.10. The van der Waals surface area contributed by atoms with Crippen LogP contribution < -0.4 is 11.1 Å². The van der Waals surface area contributed by atoms with Gasteiger partial charge < -0.3 is 16.2 Å². The molecule has 0 heterocycles. The van der Waals surface area contributed by atoms with E-state index in [4.69, 9.17) is 18.0 Å². The summed E-state index contributed by atoms with van der Waals surface area (Å²) < 4.78 is 0.701. The number of benzene rings is 2. The van der Waals surface area contributed by atoms with Gasteiger partial charge in [0.2, 0.25) is 0 Å². The first-order chi connectivity index (χ1) is 9.47. The standard InChI is InChI=1S/C14H11BrN2O2S/c15-9-3-6-11(12(18)7-9)14(19)17-10-4-1-8(2-5-10)13(16)20/h1-7,18H,(H2,16,20)(H,17,19). The minimum atomic E-state index is -0.391. The molecule has 0 saturated heterocycles. The van der Waals surface area contributed by atoms with Gasteiger partial charge in [-0.1, -0.05) is 28.1 Å².